The molecule has 1 fully saturated rings. The number of aryl methyl sites for hydroxylation is 1. The third kappa shape index (κ3) is 4.08. The first-order valence-corrected chi connectivity index (χ1v) is 9.77. The number of para-hydroxylation sites is 1. The highest BCUT2D eigenvalue weighted by Gasteiger charge is 2.25. The number of fused-ring (bicyclic) bond motifs is 1. The molecule has 0 unspecified atom stereocenters. The van der Waals surface area contributed by atoms with Crippen molar-refractivity contribution in [2.75, 3.05) is 55.7 Å². The molecule has 27 heavy (non-hydrogen) atoms. The number of anilines is 2. The maximum atomic E-state index is 12.3. The van der Waals surface area contributed by atoms with Crippen LogP contribution in [0, 0.1) is 6.92 Å². The predicted molar refractivity (Wildman–Crippen MR) is 109 cm³/mol. The molecule has 1 saturated heterocycles. The van der Waals surface area contributed by atoms with Crippen molar-refractivity contribution in [3.63, 3.8) is 0 Å². The second kappa shape index (κ2) is 8.01. The van der Waals surface area contributed by atoms with E-state index in [4.69, 9.17) is 4.74 Å². The first kappa shape index (κ1) is 17.9. The number of amides is 1. The van der Waals surface area contributed by atoms with Crippen LogP contribution in [0.1, 0.15) is 12.0 Å². The van der Waals surface area contributed by atoms with E-state index >= 15 is 0 Å². The number of ether oxygens (including phenoxy) is 1. The first-order valence-electron chi connectivity index (χ1n) is 9.77. The van der Waals surface area contributed by atoms with E-state index in [0.717, 1.165) is 62.7 Å². The van der Waals surface area contributed by atoms with Gasteiger partial charge in [-0.3, -0.25) is 9.69 Å². The van der Waals surface area contributed by atoms with Gasteiger partial charge in [0.1, 0.15) is 5.75 Å². The Morgan fingerprint density at radius 1 is 0.963 bits per heavy atom. The summed E-state index contributed by atoms with van der Waals surface area (Å²) in [5.74, 6) is 0.874. The van der Waals surface area contributed by atoms with Crippen molar-refractivity contribution in [2.24, 2.45) is 0 Å². The van der Waals surface area contributed by atoms with Crippen LogP contribution in [0.3, 0.4) is 0 Å². The molecule has 5 nitrogen and oxygen atoms in total. The molecule has 0 atom stereocenters. The Labute approximate surface area is 161 Å². The monoisotopic (exact) mass is 365 g/mol. The van der Waals surface area contributed by atoms with Crippen LogP contribution in [0.2, 0.25) is 0 Å². The maximum Gasteiger partial charge on any atom is 0.265 e. The van der Waals surface area contributed by atoms with Crippen LogP contribution in [0.15, 0.2) is 48.5 Å². The Kier molecular flexibility index (Phi) is 5.30. The summed E-state index contributed by atoms with van der Waals surface area (Å²) in [6.45, 7) is 8.22. The molecule has 142 valence electrons. The fourth-order valence-corrected chi connectivity index (χ4v) is 3.88. The van der Waals surface area contributed by atoms with E-state index in [1.807, 2.05) is 30.0 Å². The summed E-state index contributed by atoms with van der Waals surface area (Å²) in [5.41, 5.74) is 3.37. The maximum absolute atomic E-state index is 12.3. The lowest BCUT2D eigenvalue weighted by Gasteiger charge is -2.36. The summed E-state index contributed by atoms with van der Waals surface area (Å²) in [6.07, 6.45) is 0.977. The van der Waals surface area contributed by atoms with Crippen LogP contribution in [0.5, 0.6) is 5.75 Å². The molecule has 5 heteroatoms. The topological polar surface area (TPSA) is 36.0 Å². The molecular weight excluding hydrogens is 338 g/mol. The van der Waals surface area contributed by atoms with Crippen LogP contribution in [0.4, 0.5) is 11.4 Å². The SMILES string of the molecule is Cc1ccc2c(c1)N(CCCN1CCN(c3ccccc3)CC1)C(=O)CO2. The van der Waals surface area contributed by atoms with E-state index < -0.39 is 0 Å². The molecule has 0 aromatic heterocycles. The van der Waals surface area contributed by atoms with Gasteiger partial charge in [0.15, 0.2) is 6.61 Å². The van der Waals surface area contributed by atoms with Gasteiger partial charge in [0.2, 0.25) is 0 Å². The zero-order valence-corrected chi connectivity index (χ0v) is 15.9. The van der Waals surface area contributed by atoms with Gasteiger partial charge in [-0.2, -0.15) is 0 Å². The minimum atomic E-state index is 0.0574. The summed E-state index contributed by atoms with van der Waals surface area (Å²) >= 11 is 0. The fraction of sp³-hybridized carbons (Fsp3) is 0.409. The molecule has 0 aliphatic carbocycles. The van der Waals surface area contributed by atoms with Crippen LogP contribution >= 0.6 is 0 Å². The molecule has 0 saturated carbocycles. The van der Waals surface area contributed by atoms with Crippen molar-refractivity contribution in [2.45, 2.75) is 13.3 Å². The Balaban J connectivity index is 1.28. The van der Waals surface area contributed by atoms with Gasteiger partial charge in [0.05, 0.1) is 5.69 Å². The highest BCUT2D eigenvalue weighted by atomic mass is 16.5. The first-order chi connectivity index (χ1) is 13.2. The molecule has 2 aliphatic heterocycles. The smallest absolute Gasteiger partial charge is 0.265 e. The van der Waals surface area contributed by atoms with Crippen LogP contribution < -0.4 is 14.5 Å². The molecule has 2 aromatic rings. The second-order valence-corrected chi connectivity index (χ2v) is 7.32. The highest BCUT2D eigenvalue weighted by Crippen LogP contribution is 2.32. The molecule has 1 amide bonds. The van der Waals surface area contributed by atoms with Crippen LogP contribution in [-0.4, -0.2) is 56.7 Å². The van der Waals surface area contributed by atoms with Gasteiger partial charge in [-0.1, -0.05) is 24.3 Å². The quantitative estimate of drug-likeness (QED) is 0.816. The van der Waals surface area contributed by atoms with Crippen LogP contribution in [-0.2, 0) is 4.79 Å². The zero-order valence-electron chi connectivity index (χ0n) is 15.9. The Morgan fingerprint density at radius 2 is 1.74 bits per heavy atom. The normalized spacial score (nSPS) is 17.6. The highest BCUT2D eigenvalue weighted by molar-refractivity contribution is 5.97. The molecule has 2 aromatic carbocycles. The molecule has 0 radical (unpaired) electrons. The summed E-state index contributed by atoms with van der Waals surface area (Å²) in [5, 5.41) is 0. The van der Waals surface area contributed by atoms with Crippen LogP contribution in [0.25, 0.3) is 0 Å². The number of rotatable bonds is 5. The van der Waals surface area contributed by atoms with Gasteiger partial charge in [0.25, 0.3) is 5.91 Å². The summed E-state index contributed by atoms with van der Waals surface area (Å²) in [7, 11) is 0. The van der Waals surface area contributed by atoms with Gasteiger partial charge < -0.3 is 14.5 Å². The van der Waals surface area contributed by atoms with Gasteiger partial charge in [-0.05, 0) is 49.7 Å². The molecule has 4 rings (SSSR count). The van der Waals surface area contributed by atoms with Crippen molar-refractivity contribution >= 4 is 17.3 Å². The van der Waals surface area contributed by atoms with Gasteiger partial charge in [-0.25, -0.2) is 0 Å². The minimum absolute atomic E-state index is 0.0574. The zero-order chi connectivity index (χ0) is 18.6. The van der Waals surface area contributed by atoms with Gasteiger partial charge in [0, 0.05) is 38.4 Å². The summed E-state index contributed by atoms with van der Waals surface area (Å²) < 4.78 is 5.56. The van der Waals surface area contributed by atoms with E-state index in [0.29, 0.717) is 0 Å². The average molecular weight is 365 g/mol. The van der Waals surface area contributed by atoms with Gasteiger partial charge >= 0.3 is 0 Å². The summed E-state index contributed by atoms with van der Waals surface area (Å²) in [4.78, 5) is 19.2. The van der Waals surface area contributed by atoms with Gasteiger partial charge in [-0.15, -0.1) is 0 Å². The summed E-state index contributed by atoms with van der Waals surface area (Å²) in [6, 6.07) is 16.7. The molecule has 2 aliphatic rings. The molecule has 0 N–H and O–H groups in total. The lowest BCUT2D eigenvalue weighted by atomic mass is 10.1. The number of nitrogens with zero attached hydrogens (tertiary/aromatic N) is 3. The average Bonchev–Trinajstić information content (AvgIpc) is 2.71. The molecule has 0 bridgehead atoms. The molecule has 0 spiro atoms. The Morgan fingerprint density at radius 3 is 2.52 bits per heavy atom. The Hall–Kier alpha value is -2.53. The second-order valence-electron chi connectivity index (χ2n) is 7.32. The van der Waals surface area contributed by atoms with E-state index in [1.165, 1.54) is 5.69 Å². The standard InChI is InChI=1S/C22H27N3O2/c1-18-8-9-21-20(16-18)25(22(26)17-27-21)11-5-10-23-12-14-24(15-13-23)19-6-3-2-4-7-19/h2-4,6-9,16H,5,10-15,17H2,1H3. The number of carbonyl (C=O) groups is 1. The van der Waals surface area contributed by atoms with E-state index in [-0.39, 0.29) is 12.5 Å². The largest absolute Gasteiger partial charge is 0.482 e. The number of carbonyl (C=O) groups excluding carboxylic acids is 1. The number of hydrogen-bond acceptors (Lipinski definition) is 4. The number of piperazine rings is 1. The van der Waals surface area contributed by atoms with E-state index in [2.05, 4.69) is 40.1 Å². The van der Waals surface area contributed by atoms with E-state index in [1.54, 1.807) is 0 Å². The third-order valence-electron chi connectivity index (χ3n) is 5.41. The van der Waals surface area contributed by atoms with Crippen molar-refractivity contribution < 1.29 is 9.53 Å². The molecular formula is C22H27N3O2. The third-order valence-corrected chi connectivity index (χ3v) is 5.41. The number of benzene rings is 2. The van der Waals surface area contributed by atoms with E-state index in [9.17, 15) is 4.79 Å². The molecule has 2 heterocycles. The lowest BCUT2D eigenvalue weighted by Crippen LogP contribution is -2.47. The Bertz CT molecular complexity index is 785. The van der Waals surface area contributed by atoms with Crippen molar-refractivity contribution in [1.29, 1.82) is 0 Å². The minimum Gasteiger partial charge on any atom is -0.482 e. The lowest BCUT2D eigenvalue weighted by molar-refractivity contribution is -0.121. The van der Waals surface area contributed by atoms with Crippen molar-refractivity contribution in [3.8, 4) is 5.75 Å². The predicted octanol–water partition coefficient (Wildman–Crippen LogP) is 2.93. The number of hydrogen-bond donors (Lipinski definition) is 0. The van der Waals surface area contributed by atoms with Crippen molar-refractivity contribution in [1.82, 2.24) is 4.90 Å². The fourth-order valence-electron chi connectivity index (χ4n) is 3.88. The van der Waals surface area contributed by atoms with Crippen molar-refractivity contribution in [3.05, 3.63) is 54.1 Å².